The van der Waals surface area contributed by atoms with Crippen molar-refractivity contribution in [3.8, 4) is 0 Å². The van der Waals surface area contributed by atoms with Crippen LogP contribution in [0, 0.1) is 13.8 Å². The van der Waals surface area contributed by atoms with Gasteiger partial charge in [-0.05, 0) is 73.5 Å². The Kier molecular flexibility index (Phi) is 7.14. The second-order valence-electron chi connectivity index (χ2n) is 12.7. The van der Waals surface area contributed by atoms with Crippen LogP contribution >= 0.6 is 11.3 Å². The molecule has 1 aromatic heterocycles. The summed E-state index contributed by atoms with van der Waals surface area (Å²) in [6.07, 6.45) is 0. The third-order valence-corrected chi connectivity index (χ3v) is 11.0. The van der Waals surface area contributed by atoms with Crippen molar-refractivity contribution in [2.45, 2.75) is 13.8 Å². The molecular formula is C46H34N2S. The Bertz CT molecular complexity index is 2460. The maximum absolute atomic E-state index is 2.44. The van der Waals surface area contributed by atoms with Gasteiger partial charge < -0.3 is 9.80 Å². The van der Waals surface area contributed by atoms with Crippen molar-refractivity contribution in [2.24, 2.45) is 0 Å². The Labute approximate surface area is 290 Å². The number of hydrogen-bond acceptors (Lipinski definition) is 3. The Morgan fingerprint density at radius 1 is 0.327 bits per heavy atom. The van der Waals surface area contributed by atoms with Crippen molar-refractivity contribution in [3.63, 3.8) is 0 Å². The maximum atomic E-state index is 2.44. The second-order valence-corrected chi connectivity index (χ2v) is 13.7. The van der Waals surface area contributed by atoms with Crippen LogP contribution in [0.2, 0.25) is 0 Å². The minimum atomic E-state index is 1.14. The van der Waals surface area contributed by atoms with Gasteiger partial charge in [0.2, 0.25) is 0 Å². The fourth-order valence-electron chi connectivity index (χ4n) is 7.35. The van der Waals surface area contributed by atoms with Crippen LogP contribution in [-0.2, 0) is 0 Å². The van der Waals surface area contributed by atoms with Crippen molar-refractivity contribution in [1.29, 1.82) is 0 Å². The number of thiophene rings is 1. The minimum Gasteiger partial charge on any atom is -0.310 e. The van der Waals surface area contributed by atoms with Gasteiger partial charge in [-0.3, -0.25) is 0 Å². The van der Waals surface area contributed by atoms with Crippen LogP contribution in [0.25, 0.3) is 41.7 Å². The van der Waals surface area contributed by atoms with E-state index < -0.39 is 0 Å². The number of nitrogens with zero attached hydrogens (tertiary/aromatic N) is 2. The number of benzene rings is 8. The quantitative estimate of drug-likeness (QED) is 0.177. The van der Waals surface area contributed by atoms with Crippen LogP contribution in [0.15, 0.2) is 170 Å². The fraction of sp³-hybridized carbons (Fsp3) is 0.0435. The topological polar surface area (TPSA) is 6.48 Å². The number of hydrogen-bond donors (Lipinski definition) is 0. The summed E-state index contributed by atoms with van der Waals surface area (Å²) in [6.45, 7) is 4.41. The highest BCUT2D eigenvalue weighted by molar-refractivity contribution is 7.27. The van der Waals surface area contributed by atoms with Gasteiger partial charge in [-0.25, -0.2) is 0 Å². The number of anilines is 6. The molecule has 2 nitrogen and oxygen atoms in total. The molecule has 0 fully saturated rings. The first-order valence-electron chi connectivity index (χ1n) is 16.8. The molecule has 0 aliphatic heterocycles. The van der Waals surface area contributed by atoms with Gasteiger partial charge in [-0.1, -0.05) is 121 Å². The van der Waals surface area contributed by atoms with Crippen molar-refractivity contribution >= 4 is 87.2 Å². The average Bonchev–Trinajstić information content (AvgIpc) is 3.53. The van der Waals surface area contributed by atoms with Crippen LogP contribution in [-0.4, -0.2) is 0 Å². The molecule has 3 heteroatoms. The molecule has 0 N–H and O–H groups in total. The highest BCUT2D eigenvalue weighted by Gasteiger charge is 2.23. The highest BCUT2D eigenvalue weighted by Crippen LogP contribution is 2.51. The molecule has 0 radical (unpaired) electrons. The monoisotopic (exact) mass is 646 g/mol. The molecule has 0 bridgehead atoms. The van der Waals surface area contributed by atoms with Crippen LogP contribution in [0.5, 0.6) is 0 Å². The van der Waals surface area contributed by atoms with Gasteiger partial charge in [0, 0.05) is 64.5 Å². The third-order valence-electron chi connectivity index (χ3n) is 9.66. The molecule has 0 saturated carbocycles. The van der Waals surface area contributed by atoms with E-state index in [0.717, 1.165) is 11.4 Å². The first kappa shape index (κ1) is 29.3. The van der Waals surface area contributed by atoms with Gasteiger partial charge >= 0.3 is 0 Å². The summed E-state index contributed by atoms with van der Waals surface area (Å²) < 4.78 is 2.63. The summed E-state index contributed by atoms with van der Waals surface area (Å²) in [6, 6.07) is 61.6. The van der Waals surface area contributed by atoms with Gasteiger partial charge in [0.15, 0.2) is 0 Å². The molecular weight excluding hydrogens is 613 g/mol. The lowest BCUT2D eigenvalue weighted by atomic mass is 9.99. The Balaban J connectivity index is 1.41. The molecule has 0 aliphatic rings. The first-order chi connectivity index (χ1) is 24.2. The van der Waals surface area contributed by atoms with E-state index in [4.69, 9.17) is 0 Å². The minimum absolute atomic E-state index is 1.14. The summed E-state index contributed by atoms with van der Waals surface area (Å²) in [5.74, 6) is 0. The van der Waals surface area contributed by atoms with Gasteiger partial charge in [0.25, 0.3) is 0 Å². The van der Waals surface area contributed by atoms with Gasteiger partial charge in [0.05, 0.1) is 11.4 Å². The lowest BCUT2D eigenvalue weighted by molar-refractivity contribution is 1.26. The molecule has 9 rings (SSSR count). The normalized spacial score (nSPS) is 11.5. The molecule has 0 amide bonds. The number of rotatable bonds is 6. The SMILES string of the molecule is Cc1ccccc1N(c1ccccc1)c1cc2c3cc(N(c4ccccc4)c4ccccc4C)c4ccccc4c3sc2c2ccccc12. The summed E-state index contributed by atoms with van der Waals surface area (Å²) in [5.41, 5.74) is 9.46. The van der Waals surface area contributed by atoms with E-state index in [1.807, 2.05) is 11.3 Å². The standard InChI is InChI=1S/C46H34N2S/c1-31-17-9-15-27-41(31)47(33-19-5-3-6-20-33)43-29-39-40-30-44(48(34-21-7-4-8-22-34)42-28-16-10-18-32(42)2)36-24-12-14-26-38(36)46(40)49-45(39)37-25-13-11-23-35(37)43/h3-30H,1-2H3. The Morgan fingerprint density at radius 3 is 1.08 bits per heavy atom. The van der Waals surface area contributed by atoms with E-state index >= 15 is 0 Å². The Morgan fingerprint density at radius 2 is 0.673 bits per heavy atom. The molecule has 8 aromatic carbocycles. The van der Waals surface area contributed by atoms with Crippen LogP contribution < -0.4 is 9.80 Å². The first-order valence-corrected chi connectivity index (χ1v) is 17.6. The van der Waals surface area contributed by atoms with Gasteiger partial charge in [0.1, 0.15) is 0 Å². The lowest BCUT2D eigenvalue weighted by Gasteiger charge is -2.29. The van der Waals surface area contributed by atoms with E-state index in [-0.39, 0.29) is 0 Å². The number of aryl methyl sites for hydroxylation is 2. The van der Waals surface area contributed by atoms with Crippen LogP contribution in [0.4, 0.5) is 34.1 Å². The molecule has 0 saturated heterocycles. The number of fused-ring (bicyclic) bond motifs is 7. The van der Waals surface area contributed by atoms with Crippen molar-refractivity contribution in [1.82, 2.24) is 0 Å². The average molecular weight is 647 g/mol. The molecule has 9 aromatic rings. The molecule has 0 unspecified atom stereocenters. The molecule has 0 spiro atoms. The third kappa shape index (κ3) is 4.85. The second kappa shape index (κ2) is 12.0. The predicted octanol–water partition coefficient (Wildman–Crippen LogP) is 13.9. The van der Waals surface area contributed by atoms with E-state index in [0.29, 0.717) is 0 Å². The van der Waals surface area contributed by atoms with Crippen molar-refractivity contribution in [3.05, 3.63) is 181 Å². The summed E-state index contributed by atoms with van der Waals surface area (Å²) >= 11 is 1.91. The van der Waals surface area contributed by atoms with Gasteiger partial charge in [-0.2, -0.15) is 0 Å². The van der Waals surface area contributed by atoms with Crippen LogP contribution in [0.1, 0.15) is 11.1 Å². The molecule has 234 valence electrons. The zero-order chi connectivity index (χ0) is 32.9. The van der Waals surface area contributed by atoms with Crippen molar-refractivity contribution < 1.29 is 0 Å². The molecule has 1 heterocycles. The van der Waals surface area contributed by atoms with E-state index in [1.165, 1.54) is 75.6 Å². The Hall–Kier alpha value is -5.90. The molecule has 0 aliphatic carbocycles. The molecule has 49 heavy (non-hydrogen) atoms. The van der Waals surface area contributed by atoms with E-state index in [1.54, 1.807) is 0 Å². The lowest BCUT2D eigenvalue weighted by Crippen LogP contribution is -2.12. The maximum Gasteiger partial charge on any atom is 0.0547 e. The van der Waals surface area contributed by atoms with E-state index in [2.05, 4.69) is 194 Å². The van der Waals surface area contributed by atoms with E-state index in [9.17, 15) is 0 Å². The predicted molar refractivity (Wildman–Crippen MR) is 213 cm³/mol. The zero-order valence-corrected chi connectivity index (χ0v) is 28.3. The summed E-state index contributed by atoms with van der Waals surface area (Å²) in [7, 11) is 0. The van der Waals surface area contributed by atoms with Crippen molar-refractivity contribution in [2.75, 3.05) is 9.80 Å². The highest BCUT2D eigenvalue weighted by atomic mass is 32.1. The zero-order valence-electron chi connectivity index (χ0n) is 27.5. The van der Waals surface area contributed by atoms with Gasteiger partial charge in [-0.15, -0.1) is 11.3 Å². The number of para-hydroxylation sites is 4. The fourth-order valence-corrected chi connectivity index (χ4v) is 8.69. The largest absolute Gasteiger partial charge is 0.310 e. The summed E-state index contributed by atoms with van der Waals surface area (Å²) in [4.78, 5) is 4.87. The van der Waals surface area contributed by atoms with Crippen LogP contribution in [0.3, 0.4) is 0 Å². The smallest absolute Gasteiger partial charge is 0.0547 e. The summed E-state index contributed by atoms with van der Waals surface area (Å²) in [5, 5.41) is 7.57. The molecule has 0 atom stereocenters.